The number of hydrogen-bond donors (Lipinski definition) is 0. The number of ether oxygens (including phenoxy) is 1. The number of benzene rings is 1. The Morgan fingerprint density at radius 1 is 0.962 bits per heavy atom. The molecule has 0 amide bonds. The topological polar surface area (TPSA) is 28.6 Å². The highest BCUT2D eigenvalue weighted by Crippen LogP contribution is 2.39. The standard InChI is InChI=1S/C22H29N3O/c1-26-21-7-5-19(6-8-21)17-24-14-10-22(11-15-24)9-3-13-25(22)18-20-4-2-12-23-16-20/h2,4-8,12,16H,3,9-11,13-15,17-18H2,1H3. The van der Waals surface area contributed by atoms with E-state index in [4.69, 9.17) is 4.74 Å². The summed E-state index contributed by atoms with van der Waals surface area (Å²) < 4.78 is 5.26. The van der Waals surface area contributed by atoms with Gasteiger partial charge in [0.25, 0.3) is 0 Å². The van der Waals surface area contributed by atoms with Gasteiger partial charge in [0.05, 0.1) is 7.11 Å². The summed E-state index contributed by atoms with van der Waals surface area (Å²) in [6.45, 7) is 5.70. The lowest BCUT2D eigenvalue weighted by atomic mass is 9.84. The van der Waals surface area contributed by atoms with Gasteiger partial charge in [0.15, 0.2) is 0 Å². The summed E-state index contributed by atoms with van der Waals surface area (Å²) >= 11 is 0. The summed E-state index contributed by atoms with van der Waals surface area (Å²) in [6.07, 6.45) is 9.13. The molecule has 4 heteroatoms. The second kappa shape index (κ2) is 7.77. The summed E-state index contributed by atoms with van der Waals surface area (Å²) in [7, 11) is 1.72. The molecule has 0 saturated carbocycles. The van der Waals surface area contributed by atoms with Gasteiger partial charge in [-0.05, 0) is 61.6 Å². The van der Waals surface area contributed by atoms with E-state index in [0.717, 1.165) is 18.8 Å². The minimum Gasteiger partial charge on any atom is -0.497 e. The van der Waals surface area contributed by atoms with Crippen molar-refractivity contribution in [3.63, 3.8) is 0 Å². The van der Waals surface area contributed by atoms with Crippen LogP contribution in [0.2, 0.25) is 0 Å². The fourth-order valence-corrected chi connectivity index (χ4v) is 4.64. The molecule has 2 aliphatic rings. The van der Waals surface area contributed by atoms with Crippen LogP contribution in [0.3, 0.4) is 0 Å². The zero-order valence-corrected chi connectivity index (χ0v) is 15.7. The Hall–Kier alpha value is -1.91. The van der Waals surface area contributed by atoms with Crippen LogP contribution in [0.15, 0.2) is 48.8 Å². The molecule has 1 spiro atoms. The predicted molar refractivity (Wildman–Crippen MR) is 104 cm³/mol. The van der Waals surface area contributed by atoms with Gasteiger partial charge >= 0.3 is 0 Å². The maximum absolute atomic E-state index is 5.26. The third-order valence-electron chi connectivity index (χ3n) is 6.19. The van der Waals surface area contributed by atoms with Gasteiger partial charge < -0.3 is 4.74 Å². The molecule has 0 bridgehead atoms. The number of methoxy groups -OCH3 is 1. The molecule has 0 N–H and O–H groups in total. The van der Waals surface area contributed by atoms with E-state index in [1.165, 1.54) is 56.4 Å². The van der Waals surface area contributed by atoms with Crippen LogP contribution >= 0.6 is 0 Å². The zero-order chi connectivity index (χ0) is 17.8. The highest BCUT2D eigenvalue weighted by atomic mass is 16.5. The van der Waals surface area contributed by atoms with E-state index in [0.29, 0.717) is 5.54 Å². The first-order chi connectivity index (χ1) is 12.8. The molecular weight excluding hydrogens is 322 g/mol. The second-order valence-electron chi connectivity index (χ2n) is 7.73. The minimum atomic E-state index is 0.409. The highest BCUT2D eigenvalue weighted by Gasteiger charge is 2.42. The number of nitrogens with zero attached hydrogens (tertiary/aromatic N) is 3. The van der Waals surface area contributed by atoms with Crippen LogP contribution in [-0.4, -0.2) is 47.1 Å². The Morgan fingerprint density at radius 3 is 2.46 bits per heavy atom. The Morgan fingerprint density at radius 2 is 1.77 bits per heavy atom. The molecular formula is C22H29N3O. The molecule has 26 heavy (non-hydrogen) atoms. The van der Waals surface area contributed by atoms with Crippen molar-refractivity contribution >= 4 is 0 Å². The molecule has 2 aliphatic heterocycles. The second-order valence-corrected chi connectivity index (χ2v) is 7.73. The van der Waals surface area contributed by atoms with Crippen molar-refractivity contribution in [3.05, 3.63) is 59.9 Å². The lowest BCUT2D eigenvalue weighted by Gasteiger charge is -2.45. The monoisotopic (exact) mass is 351 g/mol. The highest BCUT2D eigenvalue weighted by molar-refractivity contribution is 5.27. The SMILES string of the molecule is COc1ccc(CN2CCC3(CCCN3Cc3cccnc3)CC2)cc1. The smallest absolute Gasteiger partial charge is 0.118 e. The lowest BCUT2D eigenvalue weighted by molar-refractivity contribution is 0.0449. The number of rotatable bonds is 5. The quantitative estimate of drug-likeness (QED) is 0.821. The number of hydrogen-bond acceptors (Lipinski definition) is 4. The van der Waals surface area contributed by atoms with Crippen molar-refractivity contribution in [1.29, 1.82) is 0 Å². The summed E-state index contributed by atoms with van der Waals surface area (Å²) in [5, 5.41) is 0. The fraction of sp³-hybridized carbons (Fsp3) is 0.500. The van der Waals surface area contributed by atoms with Crippen molar-refractivity contribution < 1.29 is 4.74 Å². The van der Waals surface area contributed by atoms with E-state index < -0.39 is 0 Å². The molecule has 0 radical (unpaired) electrons. The normalized spacial score (nSPS) is 20.5. The van der Waals surface area contributed by atoms with Crippen molar-refractivity contribution in [1.82, 2.24) is 14.8 Å². The first-order valence-corrected chi connectivity index (χ1v) is 9.77. The van der Waals surface area contributed by atoms with Crippen LogP contribution in [0.5, 0.6) is 5.75 Å². The van der Waals surface area contributed by atoms with Gasteiger partial charge in [0.2, 0.25) is 0 Å². The average molecular weight is 351 g/mol. The predicted octanol–water partition coefficient (Wildman–Crippen LogP) is 3.72. The van der Waals surface area contributed by atoms with E-state index >= 15 is 0 Å². The average Bonchev–Trinajstić information content (AvgIpc) is 3.07. The van der Waals surface area contributed by atoms with Crippen molar-refractivity contribution in [2.75, 3.05) is 26.7 Å². The van der Waals surface area contributed by atoms with Gasteiger partial charge in [-0.3, -0.25) is 14.8 Å². The van der Waals surface area contributed by atoms with Crippen molar-refractivity contribution in [2.45, 2.75) is 44.3 Å². The van der Waals surface area contributed by atoms with Gasteiger partial charge in [-0.1, -0.05) is 18.2 Å². The molecule has 2 saturated heterocycles. The first-order valence-electron chi connectivity index (χ1n) is 9.77. The van der Waals surface area contributed by atoms with Crippen LogP contribution < -0.4 is 4.74 Å². The van der Waals surface area contributed by atoms with E-state index in [2.05, 4.69) is 51.2 Å². The van der Waals surface area contributed by atoms with E-state index in [1.807, 2.05) is 12.4 Å². The van der Waals surface area contributed by atoms with Gasteiger partial charge in [-0.2, -0.15) is 0 Å². The number of pyridine rings is 1. The molecule has 1 aromatic heterocycles. The molecule has 0 atom stereocenters. The Labute approximate surface area is 156 Å². The summed E-state index contributed by atoms with van der Waals surface area (Å²) in [5.74, 6) is 0.934. The number of likely N-dealkylation sites (tertiary alicyclic amines) is 2. The first kappa shape index (κ1) is 17.5. The van der Waals surface area contributed by atoms with Crippen LogP contribution in [0, 0.1) is 0 Å². The van der Waals surface area contributed by atoms with Crippen LogP contribution in [-0.2, 0) is 13.1 Å². The van der Waals surface area contributed by atoms with Gasteiger partial charge in [0.1, 0.15) is 5.75 Å². The van der Waals surface area contributed by atoms with Gasteiger partial charge in [-0.15, -0.1) is 0 Å². The fourth-order valence-electron chi connectivity index (χ4n) is 4.64. The molecule has 1 aromatic carbocycles. The molecule has 0 unspecified atom stereocenters. The summed E-state index contributed by atoms with van der Waals surface area (Å²) in [5.41, 5.74) is 3.13. The summed E-state index contributed by atoms with van der Waals surface area (Å²) in [6, 6.07) is 12.8. The molecule has 2 fully saturated rings. The van der Waals surface area contributed by atoms with Gasteiger partial charge in [-0.25, -0.2) is 0 Å². The zero-order valence-electron chi connectivity index (χ0n) is 15.7. The summed E-state index contributed by atoms with van der Waals surface area (Å²) in [4.78, 5) is 9.62. The van der Waals surface area contributed by atoms with Crippen molar-refractivity contribution in [3.8, 4) is 5.75 Å². The maximum atomic E-state index is 5.26. The van der Waals surface area contributed by atoms with E-state index in [9.17, 15) is 0 Å². The Balaban J connectivity index is 1.35. The van der Waals surface area contributed by atoms with Crippen molar-refractivity contribution in [2.24, 2.45) is 0 Å². The maximum Gasteiger partial charge on any atom is 0.118 e. The van der Waals surface area contributed by atoms with E-state index in [1.54, 1.807) is 7.11 Å². The molecule has 0 aliphatic carbocycles. The molecule has 4 rings (SSSR count). The number of piperidine rings is 1. The minimum absolute atomic E-state index is 0.409. The molecule has 4 nitrogen and oxygen atoms in total. The van der Waals surface area contributed by atoms with E-state index in [-0.39, 0.29) is 0 Å². The van der Waals surface area contributed by atoms with Crippen LogP contribution in [0.25, 0.3) is 0 Å². The van der Waals surface area contributed by atoms with Crippen LogP contribution in [0.1, 0.15) is 36.8 Å². The molecule has 138 valence electrons. The molecule has 3 heterocycles. The number of aromatic nitrogens is 1. The van der Waals surface area contributed by atoms with Crippen LogP contribution in [0.4, 0.5) is 0 Å². The van der Waals surface area contributed by atoms with Gasteiger partial charge in [0, 0.05) is 44.1 Å². The Kier molecular flexibility index (Phi) is 5.23. The Bertz CT molecular complexity index is 693. The lowest BCUT2D eigenvalue weighted by Crippen LogP contribution is -2.51. The largest absolute Gasteiger partial charge is 0.497 e. The third kappa shape index (κ3) is 3.76. The third-order valence-corrected chi connectivity index (χ3v) is 6.19. The molecule has 2 aromatic rings.